The molecular weight excluding hydrogens is 185 g/mol. The first-order valence-corrected chi connectivity index (χ1v) is 3.73. The molecule has 3 nitrogen and oxygen atoms in total. The van der Waals surface area contributed by atoms with Gasteiger partial charge in [-0.15, -0.1) is 0 Å². The quantitative estimate of drug-likeness (QED) is 0.725. The summed E-state index contributed by atoms with van der Waals surface area (Å²) in [5.74, 6) is -1.68. The summed E-state index contributed by atoms with van der Waals surface area (Å²) >= 11 is 0. The smallest absolute Gasteiger partial charge is 0.328 e. The Hall–Kier alpha value is -2.15. The Kier molecular flexibility index (Phi) is 2.97. The van der Waals surface area contributed by atoms with Crippen molar-refractivity contribution < 1.29 is 14.3 Å². The largest absolute Gasteiger partial charge is 0.478 e. The first kappa shape index (κ1) is 9.93. The maximum Gasteiger partial charge on any atom is 0.328 e. The van der Waals surface area contributed by atoms with E-state index in [1.54, 1.807) is 6.07 Å². The predicted octanol–water partition coefficient (Wildman–Crippen LogP) is 1.80. The number of carbonyl (C=O) groups is 1. The van der Waals surface area contributed by atoms with Crippen molar-refractivity contribution >= 4 is 12.0 Å². The summed E-state index contributed by atoms with van der Waals surface area (Å²) < 4.78 is 12.8. The van der Waals surface area contributed by atoms with Crippen molar-refractivity contribution in [3.8, 4) is 6.07 Å². The van der Waals surface area contributed by atoms with Gasteiger partial charge in [0.1, 0.15) is 5.82 Å². The number of nitrogens with zero attached hydrogens (tertiary/aromatic N) is 1. The summed E-state index contributed by atoms with van der Waals surface area (Å²) in [4.78, 5) is 10.2. The van der Waals surface area contributed by atoms with E-state index in [1.807, 2.05) is 0 Å². The van der Waals surface area contributed by atoms with E-state index in [0.29, 0.717) is 5.56 Å². The second-order valence-corrected chi connectivity index (χ2v) is 2.56. The number of halogens is 1. The van der Waals surface area contributed by atoms with E-state index in [1.165, 1.54) is 12.1 Å². The highest BCUT2D eigenvalue weighted by Crippen LogP contribution is 2.09. The van der Waals surface area contributed by atoms with Crippen LogP contribution in [0.15, 0.2) is 24.3 Å². The van der Waals surface area contributed by atoms with E-state index in [4.69, 9.17) is 10.4 Å². The molecule has 0 saturated carbocycles. The average Bonchev–Trinajstić information content (AvgIpc) is 2.14. The van der Waals surface area contributed by atoms with E-state index >= 15 is 0 Å². The van der Waals surface area contributed by atoms with Gasteiger partial charge in [-0.25, -0.2) is 9.18 Å². The molecule has 0 amide bonds. The van der Waals surface area contributed by atoms with Gasteiger partial charge in [0.2, 0.25) is 0 Å². The van der Waals surface area contributed by atoms with Gasteiger partial charge in [-0.1, -0.05) is 0 Å². The average molecular weight is 191 g/mol. The molecule has 0 saturated heterocycles. The van der Waals surface area contributed by atoms with Crippen LogP contribution < -0.4 is 0 Å². The molecule has 0 aliphatic heterocycles. The van der Waals surface area contributed by atoms with Crippen molar-refractivity contribution in [1.29, 1.82) is 5.26 Å². The van der Waals surface area contributed by atoms with Crippen LogP contribution in [0.3, 0.4) is 0 Å². The molecule has 1 N–H and O–H groups in total. The first-order valence-electron chi connectivity index (χ1n) is 3.73. The Balaban J connectivity index is 3.05. The Bertz CT molecular complexity index is 432. The molecule has 0 aliphatic carbocycles. The second kappa shape index (κ2) is 4.19. The number of hydrogen-bond donors (Lipinski definition) is 1. The number of nitriles is 1. The van der Waals surface area contributed by atoms with Crippen LogP contribution in [0.25, 0.3) is 6.08 Å². The van der Waals surface area contributed by atoms with Gasteiger partial charge in [-0.3, -0.25) is 0 Å². The van der Waals surface area contributed by atoms with Gasteiger partial charge in [-0.05, 0) is 29.8 Å². The lowest BCUT2D eigenvalue weighted by molar-refractivity contribution is -0.131. The van der Waals surface area contributed by atoms with Gasteiger partial charge in [0.15, 0.2) is 0 Å². The van der Waals surface area contributed by atoms with Crippen LogP contribution in [-0.4, -0.2) is 11.1 Å². The standard InChI is InChI=1S/C10H6FNO2/c11-9-4-7(1-2-10(13)14)3-8(5-9)6-12/h1-5H,(H,13,14). The molecule has 0 radical (unpaired) electrons. The normalized spacial score (nSPS) is 10.0. The molecular formula is C10H6FNO2. The number of hydrogen-bond acceptors (Lipinski definition) is 2. The molecule has 14 heavy (non-hydrogen) atoms. The van der Waals surface area contributed by atoms with Crippen LogP contribution in [0.4, 0.5) is 4.39 Å². The fraction of sp³-hybridized carbons (Fsp3) is 0. The van der Waals surface area contributed by atoms with Crippen LogP contribution >= 0.6 is 0 Å². The topological polar surface area (TPSA) is 61.1 Å². The van der Waals surface area contributed by atoms with Gasteiger partial charge >= 0.3 is 5.97 Å². The van der Waals surface area contributed by atoms with Crippen molar-refractivity contribution in [2.75, 3.05) is 0 Å². The lowest BCUT2D eigenvalue weighted by atomic mass is 10.1. The van der Waals surface area contributed by atoms with Crippen LogP contribution in [-0.2, 0) is 4.79 Å². The zero-order chi connectivity index (χ0) is 10.6. The highest BCUT2D eigenvalue weighted by molar-refractivity contribution is 5.85. The van der Waals surface area contributed by atoms with Gasteiger partial charge in [0.05, 0.1) is 11.6 Å². The summed E-state index contributed by atoms with van der Waals surface area (Å²) in [5.41, 5.74) is 0.513. The monoisotopic (exact) mass is 191 g/mol. The Morgan fingerprint density at radius 1 is 1.50 bits per heavy atom. The minimum Gasteiger partial charge on any atom is -0.478 e. The molecule has 0 spiro atoms. The Labute approximate surface area is 79.7 Å². The summed E-state index contributed by atoms with van der Waals surface area (Å²) in [5, 5.41) is 16.8. The molecule has 0 heterocycles. The van der Waals surface area contributed by atoms with E-state index in [9.17, 15) is 9.18 Å². The third-order valence-electron chi connectivity index (χ3n) is 1.47. The van der Waals surface area contributed by atoms with E-state index in [2.05, 4.69) is 0 Å². The van der Waals surface area contributed by atoms with Crippen molar-refractivity contribution in [1.82, 2.24) is 0 Å². The van der Waals surface area contributed by atoms with E-state index in [-0.39, 0.29) is 5.56 Å². The summed E-state index contributed by atoms with van der Waals surface area (Å²) in [6, 6.07) is 5.41. The zero-order valence-electron chi connectivity index (χ0n) is 7.07. The molecule has 4 heteroatoms. The first-order chi connectivity index (χ1) is 6.61. The molecule has 0 aromatic heterocycles. The van der Waals surface area contributed by atoms with Crippen LogP contribution in [0.5, 0.6) is 0 Å². The number of aliphatic carboxylic acids is 1. The maximum absolute atomic E-state index is 12.8. The van der Waals surface area contributed by atoms with E-state index in [0.717, 1.165) is 18.2 Å². The molecule has 0 atom stereocenters. The Morgan fingerprint density at radius 3 is 2.79 bits per heavy atom. The highest BCUT2D eigenvalue weighted by atomic mass is 19.1. The molecule has 1 aromatic carbocycles. The fourth-order valence-electron chi connectivity index (χ4n) is 0.941. The second-order valence-electron chi connectivity index (χ2n) is 2.56. The lowest BCUT2D eigenvalue weighted by Crippen LogP contribution is -1.87. The van der Waals surface area contributed by atoms with Gasteiger partial charge in [-0.2, -0.15) is 5.26 Å². The maximum atomic E-state index is 12.8. The zero-order valence-corrected chi connectivity index (χ0v) is 7.07. The van der Waals surface area contributed by atoms with Gasteiger partial charge < -0.3 is 5.11 Å². The lowest BCUT2D eigenvalue weighted by Gasteiger charge is -1.94. The summed E-state index contributed by atoms with van der Waals surface area (Å²) in [6.07, 6.45) is 2.11. The van der Waals surface area contributed by atoms with Crippen molar-refractivity contribution in [2.24, 2.45) is 0 Å². The van der Waals surface area contributed by atoms with Crippen molar-refractivity contribution in [3.63, 3.8) is 0 Å². The summed E-state index contributed by atoms with van der Waals surface area (Å²) in [7, 11) is 0. The Morgan fingerprint density at radius 2 is 2.21 bits per heavy atom. The summed E-state index contributed by atoms with van der Waals surface area (Å²) in [6.45, 7) is 0. The van der Waals surface area contributed by atoms with Gasteiger partial charge in [0, 0.05) is 6.08 Å². The predicted molar refractivity (Wildman–Crippen MR) is 47.8 cm³/mol. The molecule has 1 aromatic rings. The molecule has 0 bridgehead atoms. The van der Waals surface area contributed by atoms with Crippen LogP contribution in [0.2, 0.25) is 0 Å². The van der Waals surface area contributed by atoms with Crippen molar-refractivity contribution in [3.05, 3.63) is 41.2 Å². The SMILES string of the molecule is N#Cc1cc(F)cc(C=CC(=O)O)c1. The number of rotatable bonds is 2. The minimum atomic E-state index is -1.12. The third-order valence-corrected chi connectivity index (χ3v) is 1.47. The van der Waals surface area contributed by atoms with Crippen molar-refractivity contribution in [2.45, 2.75) is 0 Å². The van der Waals surface area contributed by atoms with E-state index < -0.39 is 11.8 Å². The minimum absolute atomic E-state index is 0.162. The number of benzene rings is 1. The molecule has 0 unspecified atom stereocenters. The molecule has 0 fully saturated rings. The fourth-order valence-corrected chi connectivity index (χ4v) is 0.941. The molecule has 0 aliphatic rings. The number of carboxylic acid groups (broad SMARTS) is 1. The van der Waals surface area contributed by atoms with Gasteiger partial charge in [0.25, 0.3) is 0 Å². The molecule has 1 rings (SSSR count). The van der Waals surface area contributed by atoms with Crippen LogP contribution in [0, 0.1) is 17.1 Å². The highest BCUT2D eigenvalue weighted by Gasteiger charge is 1.98. The van der Waals surface area contributed by atoms with Crippen LogP contribution in [0.1, 0.15) is 11.1 Å². The third kappa shape index (κ3) is 2.72. The number of carboxylic acids is 1. The molecule has 70 valence electrons.